The Labute approximate surface area is 94.1 Å². The Morgan fingerprint density at radius 1 is 1.56 bits per heavy atom. The molecule has 1 unspecified atom stereocenters. The molecule has 2 N–H and O–H groups in total. The Morgan fingerprint density at radius 3 is 2.69 bits per heavy atom. The fourth-order valence-corrected chi connectivity index (χ4v) is 1.41. The Bertz CT molecular complexity index is 384. The van der Waals surface area contributed by atoms with Crippen molar-refractivity contribution in [2.45, 2.75) is 13.3 Å². The minimum absolute atomic E-state index is 0.163. The molecule has 0 fully saturated rings. The third-order valence-corrected chi connectivity index (χ3v) is 2.53. The lowest BCUT2D eigenvalue weighted by atomic mass is 10.1. The maximum atomic E-state index is 11.6. The van der Waals surface area contributed by atoms with Gasteiger partial charge in [0.25, 0.3) is 5.91 Å². The summed E-state index contributed by atoms with van der Waals surface area (Å²) >= 11 is 0. The minimum atomic E-state index is -0.880. The predicted octanol–water partition coefficient (Wildman–Crippen LogP) is 0.866. The first kappa shape index (κ1) is 12.3. The van der Waals surface area contributed by atoms with Gasteiger partial charge in [0.15, 0.2) is 0 Å². The molecule has 0 aliphatic carbocycles. The van der Waals surface area contributed by atoms with E-state index in [0.717, 1.165) is 0 Å². The summed E-state index contributed by atoms with van der Waals surface area (Å²) in [5.74, 6) is -1.65. The van der Waals surface area contributed by atoms with Crippen molar-refractivity contribution in [3.05, 3.63) is 24.0 Å². The summed E-state index contributed by atoms with van der Waals surface area (Å²) in [5, 5.41) is 11.4. The van der Waals surface area contributed by atoms with Crippen LogP contribution < -0.4 is 5.32 Å². The molecule has 88 valence electrons. The van der Waals surface area contributed by atoms with Crippen molar-refractivity contribution in [3.8, 4) is 0 Å². The highest BCUT2D eigenvalue weighted by Crippen LogP contribution is 2.03. The number of carbonyl (C=O) groups is 2. The first-order chi connectivity index (χ1) is 7.56. The number of carboxylic acid groups (broad SMARTS) is 1. The van der Waals surface area contributed by atoms with Crippen molar-refractivity contribution in [1.82, 2.24) is 9.88 Å². The Balaban J connectivity index is 2.53. The largest absolute Gasteiger partial charge is 0.481 e. The van der Waals surface area contributed by atoms with Crippen LogP contribution in [0.4, 0.5) is 0 Å². The second-order valence-corrected chi connectivity index (χ2v) is 3.66. The number of aryl methyl sites for hydroxylation is 1. The van der Waals surface area contributed by atoms with Gasteiger partial charge < -0.3 is 15.0 Å². The molecule has 1 heterocycles. The SMILES string of the molecule is CCC(CNC(=O)c1cccn1C)C(=O)O. The molecule has 0 spiro atoms. The number of nitrogens with one attached hydrogen (secondary N) is 1. The van der Waals surface area contributed by atoms with Crippen LogP contribution in [-0.2, 0) is 11.8 Å². The molecule has 16 heavy (non-hydrogen) atoms. The highest BCUT2D eigenvalue weighted by Gasteiger charge is 2.17. The Kier molecular flexibility index (Phi) is 4.10. The van der Waals surface area contributed by atoms with Crippen LogP contribution >= 0.6 is 0 Å². The van der Waals surface area contributed by atoms with Crippen LogP contribution in [0.25, 0.3) is 0 Å². The van der Waals surface area contributed by atoms with E-state index in [2.05, 4.69) is 5.32 Å². The van der Waals surface area contributed by atoms with Crippen molar-refractivity contribution < 1.29 is 14.7 Å². The molecule has 0 saturated carbocycles. The molecule has 1 rings (SSSR count). The average molecular weight is 224 g/mol. The number of nitrogens with zero attached hydrogens (tertiary/aromatic N) is 1. The normalized spacial score (nSPS) is 12.1. The molecule has 0 radical (unpaired) electrons. The van der Waals surface area contributed by atoms with E-state index < -0.39 is 11.9 Å². The maximum absolute atomic E-state index is 11.6. The van der Waals surface area contributed by atoms with Gasteiger partial charge in [-0.2, -0.15) is 0 Å². The smallest absolute Gasteiger partial charge is 0.308 e. The lowest BCUT2D eigenvalue weighted by molar-refractivity contribution is -0.141. The zero-order chi connectivity index (χ0) is 12.1. The summed E-state index contributed by atoms with van der Waals surface area (Å²) < 4.78 is 1.69. The number of carboxylic acids is 1. The molecule has 0 aliphatic rings. The molecule has 0 aromatic carbocycles. The number of hydrogen-bond acceptors (Lipinski definition) is 2. The van der Waals surface area contributed by atoms with Gasteiger partial charge in [0.1, 0.15) is 5.69 Å². The first-order valence-electron chi connectivity index (χ1n) is 5.18. The van der Waals surface area contributed by atoms with E-state index in [4.69, 9.17) is 5.11 Å². The minimum Gasteiger partial charge on any atom is -0.481 e. The first-order valence-corrected chi connectivity index (χ1v) is 5.18. The Morgan fingerprint density at radius 2 is 2.25 bits per heavy atom. The monoisotopic (exact) mass is 224 g/mol. The summed E-state index contributed by atoms with van der Waals surface area (Å²) in [6.07, 6.45) is 2.27. The molecular weight excluding hydrogens is 208 g/mol. The lowest BCUT2D eigenvalue weighted by Gasteiger charge is -2.11. The molecule has 5 nitrogen and oxygen atoms in total. The predicted molar refractivity (Wildman–Crippen MR) is 59.2 cm³/mol. The molecule has 0 bridgehead atoms. The lowest BCUT2D eigenvalue weighted by Crippen LogP contribution is -2.33. The zero-order valence-corrected chi connectivity index (χ0v) is 9.43. The van der Waals surface area contributed by atoms with Crippen LogP contribution in [0.1, 0.15) is 23.8 Å². The molecule has 1 aromatic rings. The van der Waals surface area contributed by atoms with Crippen LogP contribution in [0.2, 0.25) is 0 Å². The van der Waals surface area contributed by atoms with Gasteiger partial charge in [-0.05, 0) is 18.6 Å². The van der Waals surface area contributed by atoms with E-state index in [1.807, 2.05) is 0 Å². The molecule has 1 aromatic heterocycles. The van der Waals surface area contributed by atoms with Gasteiger partial charge in [0.2, 0.25) is 0 Å². The number of aliphatic carboxylic acids is 1. The summed E-state index contributed by atoms with van der Waals surface area (Å²) in [4.78, 5) is 22.4. The van der Waals surface area contributed by atoms with E-state index in [-0.39, 0.29) is 12.5 Å². The van der Waals surface area contributed by atoms with E-state index in [0.29, 0.717) is 12.1 Å². The second-order valence-electron chi connectivity index (χ2n) is 3.66. The maximum Gasteiger partial charge on any atom is 0.308 e. The standard InChI is InChI=1S/C11H16N2O3/c1-3-8(11(15)16)7-12-10(14)9-5-4-6-13(9)2/h4-6,8H,3,7H2,1-2H3,(H,12,14)(H,15,16). The van der Waals surface area contributed by atoms with Crippen molar-refractivity contribution in [2.24, 2.45) is 13.0 Å². The number of amides is 1. The zero-order valence-electron chi connectivity index (χ0n) is 9.43. The highest BCUT2D eigenvalue weighted by molar-refractivity contribution is 5.92. The van der Waals surface area contributed by atoms with Crippen molar-refractivity contribution in [3.63, 3.8) is 0 Å². The van der Waals surface area contributed by atoms with Crippen LogP contribution in [0.15, 0.2) is 18.3 Å². The van der Waals surface area contributed by atoms with E-state index in [1.54, 1.807) is 36.9 Å². The van der Waals surface area contributed by atoms with Gasteiger partial charge in [0, 0.05) is 19.8 Å². The molecular formula is C11H16N2O3. The van der Waals surface area contributed by atoms with Gasteiger partial charge >= 0.3 is 5.97 Å². The Hall–Kier alpha value is -1.78. The van der Waals surface area contributed by atoms with Gasteiger partial charge in [-0.3, -0.25) is 9.59 Å². The molecule has 0 aliphatic heterocycles. The third kappa shape index (κ3) is 2.85. The molecule has 5 heteroatoms. The van der Waals surface area contributed by atoms with Gasteiger partial charge in [-0.1, -0.05) is 6.92 Å². The number of carbonyl (C=O) groups excluding carboxylic acids is 1. The van der Waals surface area contributed by atoms with Crippen molar-refractivity contribution >= 4 is 11.9 Å². The average Bonchev–Trinajstić information content (AvgIpc) is 2.64. The van der Waals surface area contributed by atoms with Gasteiger partial charge in [0.05, 0.1) is 5.92 Å². The number of rotatable bonds is 5. The van der Waals surface area contributed by atoms with E-state index in [1.165, 1.54) is 0 Å². The topological polar surface area (TPSA) is 71.3 Å². The highest BCUT2D eigenvalue weighted by atomic mass is 16.4. The van der Waals surface area contributed by atoms with E-state index in [9.17, 15) is 9.59 Å². The van der Waals surface area contributed by atoms with Crippen molar-refractivity contribution in [2.75, 3.05) is 6.54 Å². The fraction of sp³-hybridized carbons (Fsp3) is 0.455. The third-order valence-electron chi connectivity index (χ3n) is 2.53. The van der Waals surface area contributed by atoms with Gasteiger partial charge in [-0.25, -0.2) is 0 Å². The molecule has 1 amide bonds. The molecule has 1 atom stereocenters. The fourth-order valence-electron chi connectivity index (χ4n) is 1.41. The van der Waals surface area contributed by atoms with Crippen LogP contribution in [0.5, 0.6) is 0 Å². The van der Waals surface area contributed by atoms with Crippen LogP contribution in [0.3, 0.4) is 0 Å². The quantitative estimate of drug-likeness (QED) is 0.779. The molecule has 0 saturated heterocycles. The van der Waals surface area contributed by atoms with Crippen molar-refractivity contribution in [1.29, 1.82) is 0 Å². The van der Waals surface area contributed by atoms with E-state index >= 15 is 0 Å². The van der Waals surface area contributed by atoms with Crippen LogP contribution in [0, 0.1) is 5.92 Å². The number of hydrogen-bond donors (Lipinski definition) is 2. The number of aromatic nitrogens is 1. The van der Waals surface area contributed by atoms with Gasteiger partial charge in [-0.15, -0.1) is 0 Å². The second kappa shape index (κ2) is 5.34. The van der Waals surface area contributed by atoms with Crippen LogP contribution in [-0.4, -0.2) is 28.1 Å². The summed E-state index contributed by atoms with van der Waals surface area (Å²) in [7, 11) is 1.77. The summed E-state index contributed by atoms with van der Waals surface area (Å²) in [6.45, 7) is 1.95. The summed E-state index contributed by atoms with van der Waals surface area (Å²) in [6, 6.07) is 3.46. The summed E-state index contributed by atoms with van der Waals surface area (Å²) in [5.41, 5.74) is 0.528.